The number of rotatable bonds is 5. The molecule has 0 aliphatic heterocycles. The molecule has 0 unspecified atom stereocenters. The number of carbonyl (C=O) groups is 1. The Morgan fingerprint density at radius 2 is 1.73 bits per heavy atom. The molecule has 0 radical (unpaired) electrons. The quantitative estimate of drug-likeness (QED) is 0.575. The van der Waals surface area contributed by atoms with Gasteiger partial charge < -0.3 is 15.4 Å². The van der Waals surface area contributed by atoms with Gasteiger partial charge in [-0.05, 0) is 73.6 Å². The number of aromatic nitrogens is 1. The Morgan fingerprint density at radius 1 is 1.03 bits per heavy atom. The number of benzene rings is 2. The van der Waals surface area contributed by atoms with Crippen LogP contribution in [0, 0.1) is 23.4 Å². The topological polar surface area (TPSA) is 65.1 Å². The number of aromatic amines is 1. The lowest BCUT2D eigenvalue weighted by molar-refractivity contribution is -0.126. The standard InChI is InChI=1S/C23H23F3N2O2/c24-15-5-1-13(2-6-15)21-18(19-11-16(25)12-20(26)22(19)28-21)9-10-27-23(30)14-3-7-17(29)8-4-14/h1-2,5-6,11-12,14,17,28-29H,3-4,7-10H2,(H,27,30)/t14-,17+. The van der Waals surface area contributed by atoms with Crippen molar-refractivity contribution in [2.45, 2.75) is 38.2 Å². The number of carbonyl (C=O) groups excluding carboxylic acids is 1. The summed E-state index contributed by atoms with van der Waals surface area (Å²) in [6.45, 7) is 0.303. The highest BCUT2D eigenvalue weighted by atomic mass is 19.1. The van der Waals surface area contributed by atoms with E-state index in [0.717, 1.165) is 6.07 Å². The Bertz CT molecular complexity index is 1050. The van der Waals surface area contributed by atoms with E-state index in [-0.39, 0.29) is 23.4 Å². The number of amides is 1. The smallest absolute Gasteiger partial charge is 0.223 e. The summed E-state index contributed by atoms with van der Waals surface area (Å²) in [4.78, 5) is 15.4. The summed E-state index contributed by atoms with van der Waals surface area (Å²) in [6.07, 6.45) is 2.57. The molecule has 4 rings (SSSR count). The van der Waals surface area contributed by atoms with Crippen LogP contribution in [0.4, 0.5) is 13.2 Å². The maximum absolute atomic E-state index is 14.3. The van der Waals surface area contributed by atoms with Gasteiger partial charge in [0.2, 0.25) is 5.91 Å². The van der Waals surface area contributed by atoms with E-state index in [2.05, 4.69) is 10.3 Å². The molecule has 0 spiro atoms. The lowest BCUT2D eigenvalue weighted by Crippen LogP contribution is -2.35. The highest BCUT2D eigenvalue weighted by Gasteiger charge is 2.25. The minimum atomic E-state index is -0.704. The molecule has 1 fully saturated rings. The second-order valence-corrected chi connectivity index (χ2v) is 7.84. The molecule has 0 atom stereocenters. The first-order valence-electron chi connectivity index (χ1n) is 10.1. The summed E-state index contributed by atoms with van der Waals surface area (Å²) in [6, 6.07) is 7.84. The van der Waals surface area contributed by atoms with E-state index < -0.39 is 17.5 Å². The summed E-state index contributed by atoms with van der Waals surface area (Å²) >= 11 is 0. The molecule has 158 valence electrons. The molecule has 0 saturated heterocycles. The second kappa shape index (κ2) is 8.52. The molecule has 1 aromatic heterocycles. The Balaban J connectivity index is 1.58. The van der Waals surface area contributed by atoms with E-state index in [0.29, 0.717) is 60.9 Å². The number of halogens is 3. The molecule has 0 bridgehead atoms. The van der Waals surface area contributed by atoms with E-state index in [1.165, 1.54) is 18.2 Å². The van der Waals surface area contributed by atoms with E-state index >= 15 is 0 Å². The van der Waals surface area contributed by atoms with Gasteiger partial charge in [-0.2, -0.15) is 0 Å². The van der Waals surface area contributed by atoms with Crippen LogP contribution in [-0.2, 0) is 11.2 Å². The molecule has 2 aromatic carbocycles. The van der Waals surface area contributed by atoms with Crippen molar-refractivity contribution in [3.63, 3.8) is 0 Å². The highest BCUT2D eigenvalue weighted by Crippen LogP contribution is 2.33. The molecule has 3 aromatic rings. The Kier molecular flexibility index (Phi) is 5.81. The predicted octanol–water partition coefficient (Wildman–Crippen LogP) is 4.46. The molecule has 3 N–H and O–H groups in total. The average molecular weight is 416 g/mol. The first-order valence-corrected chi connectivity index (χ1v) is 10.1. The van der Waals surface area contributed by atoms with Crippen LogP contribution >= 0.6 is 0 Å². The van der Waals surface area contributed by atoms with Gasteiger partial charge in [0.25, 0.3) is 0 Å². The van der Waals surface area contributed by atoms with Gasteiger partial charge in [0.1, 0.15) is 17.5 Å². The Morgan fingerprint density at radius 3 is 2.43 bits per heavy atom. The molecular formula is C23H23F3N2O2. The van der Waals surface area contributed by atoms with Crippen molar-refractivity contribution in [2.24, 2.45) is 5.92 Å². The van der Waals surface area contributed by atoms with Crippen LogP contribution in [0.5, 0.6) is 0 Å². The van der Waals surface area contributed by atoms with Crippen molar-refractivity contribution in [1.82, 2.24) is 10.3 Å². The number of H-pyrrole nitrogens is 1. The summed E-state index contributed by atoms with van der Waals surface area (Å²) < 4.78 is 41.5. The van der Waals surface area contributed by atoms with Crippen molar-refractivity contribution >= 4 is 16.8 Å². The van der Waals surface area contributed by atoms with Crippen molar-refractivity contribution in [3.05, 3.63) is 59.4 Å². The monoisotopic (exact) mass is 416 g/mol. The Hall–Kier alpha value is -2.80. The van der Waals surface area contributed by atoms with Gasteiger partial charge in [-0.1, -0.05) is 0 Å². The molecule has 1 aliphatic rings. The minimum absolute atomic E-state index is 0.0672. The second-order valence-electron chi connectivity index (χ2n) is 7.84. The summed E-state index contributed by atoms with van der Waals surface area (Å²) in [7, 11) is 0. The Labute approximate surface area is 172 Å². The maximum atomic E-state index is 14.3. The van der Waals surface area contributed by atoms with Crippen molar-refractivity contribution in [1.29, 1.82) is 0 Å². The summed E-state index contributed by atoms with van der Waals surface area (Å²) in [5, 5.41) is 12.9. The normalized spacial score (nSPS) is 19.2. The largest absolute Gasteiger partial charge is 0.393 e. The fourth-order valence-corrected chi connectivity index (χ4v) is 4.19. The molecule has 1 heterocycles. The molecular weight excluding hydrogens is 393 g/mol. The first-order chi connectivity index (χ1) is 14.4. The van der Waals surface area contributed by atoms with Crippen LogP contribution in [0.15, 0.2) is 36.4 Å². The fourth-order valence-electron chi connectivity index (χ4n) is 4.19. The van der Waals surface area contributed by atoms with E-state index in [1.807, 2.05) is 0 Å². The lowest BCUT2D eigenvalue weighted by atomic mass is 9.87. The van der Waals surface area contributed by atoms with Gasteiger partial charge in [-0.3, -0.25) is 4.79 Å². The predicted molar refractivity (Wildman–Crippen MR) is 108 cm³/mol. The van der Waals surface area contributed by atoms with Crippen LogP contribution in [-0.4, -0.2) is 28.6 Å². The summed E-state index contributed by atoms with van der Waals surface area (Å²) in [5.41, 5.74) is 2.06. The van der Waals surface area contributed by atoms with Gasteiger partial charge in [-0.15, -0.1) is 0 Å². The van der Waals surface area contributed by atoms with Gasteiger partial charge in [0.15, 0.2) is 0 Å². The SMILES string of the molecule is O=C(NCCc1c(-c2ccc(F)cc2)[nH]c2c(F)cc(F)cc12)[C@H]1CC[C@@H](O)CC1. The number of hydrogen-bond acceptors (Lipinski definition) is 2. The van der Waals surface area contributed by atoms with Crippen LogP contribution in [0.3, 0.4) is 0 Å². The highest BCUT2D eigenvalue weighted by molar-refractivity contribution is 5.91. The molecule has 30 heavy (non-hydrogen) atoms. The molecule has 4 nitrogen and oxygen atoms in total. The zero-order valence-corrected chi connectivity index (χ0v) is 16.4. The third-order valence-corrected chi connectivity index (χ3v) is 5.81. The van der Waals surface area contributed by atoms with Crippen LogP contribution in [0.2, 0.25) is 0 Å². The van der Waals surface area contributed by atoms with E-state index in [1.54, 1.807) is 12.1 Å². The van der Waals surface area contributed by atoms with Crippen molar-refractivity contribution in [3.8, 4) is 11.3 Å². The molecule has 1 saturated carbocycles. The number of nitrogens with one attached hydrogen (secondary N) is 2. The lowest BCUT2D eigenvalue weighted by Gasteiger charge is -2.24. The van der Waals surface area contributed by atoms with Gasteiger partial charge >= 0.3 is 0 Å². The van der Waals surface area contributed by atoms with E-state index in [4.69, 9.17) is 0 Å². The molecule has 7 heteroatoms. The van der Waals surface area contributed by atoms with Gasteiger partial charge in [-0.25, -0.2) is 13.2 Å². The van der Waals surface area contributed by atoms with Crippen molar-refractivity contribution in [2.75, 3.05) is 6.54 Å². The number of aliphatic hydroxyl groups is 1. The van der Waals surface area contributed by atoms with E-state index in [9.17, 15) is 23.1 Å². The third-order valence-electron chi connectivity index (χ3n) is 5.81. The fraction of sp³-hybridized carbons (Fsp3) is 0.348. The zero-order chi connectivity index (χ0) is 21.3. The number of fused-ring (bicyclic) bond motifs is 1. The minimum Gasteiger partial charge on any atom is -0.393 e. The van der Waals surface area contributed by atoms with Crippen LogP contribution < -0.4 is 5.32 Å². The zero-order valence-electron chi connectivity index (χ0n) is 16.4. The maximum Gasteiger partial charge on any atom is 0.223 e. The summed E-state index contributed by atoms with van der Waals surface area (Å²) in [5.74, 6) is -1.97. The molecule has 1 amide bonds. The van der Waals surface area contributed by atoms with Gasteiger partial charge in [0, 0.05) is 29.6 Å². The van der Waals surface area contributed by atoms with Gasteiger partial charge in [0.05, 0.1) is 11.6 Å². The van der Waals surface area contributed by atoms with Crippen LogP contribution in [0.1, 0.15) is 31.2 Å². The van der Waals surface area contributed by atoms with Crippen LogP contribution in [0.25, 0.3) is 22.2 Å². The number of aliphatic hydroxyl groups excluding tert-OH is 1. The number of hydrogen-bond donors (Lipinski definition) is 3. The third kappa shape index (κ3) is 4.21. The van der Waals surface area contributed by atoms with Crippen molar-refractivity contribution < 1.29 is 23.1 Å². The first kappa shape index (κ1) is 20.5. The molecule has 1 aliphatic carbocycles. The average Bonchev–Trinajstić information content (AvgIpc) is 3.08.